The molecule has 3 rings (SSSR count). The lowest BCUT2D eigenvalue weighted by atomic mass is 10.1. The van der Waals surface area contributed by atoms with Gasteiger partial charge in [0.1, 0.15) is 16.5 Å². The first-order chi connectivity index (χ1) is 11.7. The Kier molecular flexibility index (Phi) is 5.63. The van der Waals surface area contributed by atoms with Crippen LogP contribution in [0.2, 0.25) is 0 Å². The molecule has 0 spiro atoms. The van der Waals surface area contributed by atoms with E-state index in [4.69, 9.17) is 9.47 Å². The van der Waals surface area contributed by atoms with Gasteiger partial charge in [0.15, 0.2) is 0 Å². The molecule has 4 nitrogen and oxygen atoms in total. The molecule has 24 heavy (non-hydrogen) atoms. The minimum absolute atomic E-state index is 0.0389. The number of rotatable bonds is 5. The monoisotopic (exact) mass is 345 g/mol. The van der Waals surface area contributed by atoms with Crippen molar-refractivity contribution in [3.05, 3.63) is 40.4 Å². The van der Waals surface area contributed by atoms with Crippen LogP contribution in [0.25, 0.3) is 10.6 Å². The first kappa shape index (κ1) is 17.1. The second kappa shape index (κ2) is 7.90. The second-order valence-electron chi connectivity index (χ2n) is 6.07. The van der Waals surface area contributed by atoms with Gasteiger partial charge in [0.25, 0.3) is 0 Å². The van der Waals surface area contributed by atoms with Gasteiger partial charge in [-0.1, -0.05) is 31.2 Å². The lowest BCUT2D eigenvalue weighted by molar-refractivity contribution is -0.0298. The normalized spacial score (nSPS) is 17.7. The summed E-state index contributed by atoms with van der Waals surface area (Å²) in [6.07, 6.45) is 4.25. The lowest BCUT2D eigenvalue weighted by Gasteiger charge is -2.21. The second-order valence-corrected chi connectivity index (χ2v) is 7.07. The van der Waals surface area contributed by atoms with Crippen LogP contribution in [0.15, 0.2) is 24.3 Å². The van der Waals surface area contributed by atoms with Crippen LogP contribution in [0.4, 0.5) is 0 Å². The molecular formula is C19H23NO3S. The molecule has 1 atom stereocenters. The van der Waals surface area contributed by atoms with Crippen molar-refractivity contribution in [1.29, 1.82) is 0 Å². The quantitative estimate of drug-likeness (QED) is 0.753. The molecule has 0 bridgehead atoms. The number of benzene rings is 1. The third-order valence-corrected chi connectivity index (χ3v) is 5.45. The molecule has 1 aromatic carbocycles. The molecule has 0 amide bonds. The van der Waals surface area contributed by atoms with Gasteiger partial charge in [-0.05, 0) is 38.2 Å². The van der Waals surface area contributed by atoms with Crippen LogP contribution in [0.5, 0.6) is 0 Å². The van der Waals surface area contributed by atoms with E-state index in [2.05, 4.69) is 36.2 Å². The van der Waals surface area contributed by atoms with E-state index in [-0.39, 0.29) is 12.1 Å². The number of hydrogen-bond acceptors (Lipinski definition) is 5. The number of ether oxygens (including phenoxy) is 2. The Balaban J connectivity index is 1.67. The fraction of sp³-hybridized carbons (Fsp3) is 0.474. The fourth-order valence-electron chi connectivity index (χ4n) is 2.77. The summed E-state index contributed by atoms with van der Waals surface area (Å²) < 4.78 is 11.0. The van der Waals surface area contributed by atoms with Crippen molar-refractivity contribution in [3.63, 3.8) is 0 Å². The molecule has 2 heterocycles. The summed E-state index contributed by atoms with van der Waals surface area (Å²) in [6.45, 7) is 5.08. The number of aromatic nitrogens is 1. The summed E-state index contributed by atoms with van der Waals surface area (Å²) >= 11 is 1.39. The largest absolute Gasteiger partial charge is 0.459 e. The molecule has 1 aliphatic rings. The number of aryl methyl sites for hydroxylation is 2. The Morgan fingerprint density at radius 3 is 2.79 bits per heavy atom. The molecule has 1 aliphatic heterocycles. The lowest BCUT2D eigenvalue weighted by Crippen LogP contribution is -2.25. The molecule has 0 aliphatic carbocycles. The van der Waals surface area contributed by atoms with Gasteiger partial charge in [0, 0.05) is 12.2 Å². The highest BCUT2D eigenvalue weighted by Gasteiger charge is 2.20. The van der Waals surface area contributed by atoms with E-state index in [1.165, 1.54) is 16.9 Å². The molecule has 128 valence electrons. The van der Waals surface area contributed by atoms with E-state index < -0.39 is 0 Å². The average molecular weight is 345 g/mol. The molecule has 2 aromatic rings. The van der Waals surface area contributed by atoms with Crippen molar-refractivity contribution < 1.29 is 14.3 Å². The highest BCUT2D eigenvalue weighted by Crippen LogP contribution is 2.29. The molecule has 0 N–H and O–H groups in total. The Hall–Kier alpha value is -1.72. The van der Waals surface area contributed by atoms with Gasteiger partial charge in [-0.15, -0.1) is 11.3 Å². The maximum Gasteiger partial charge on any atom is 0.350 e. The molecule has 0 radical (unpaired) electrons. The highest BCUT2D eigenvalue weighted by molar-refractivity contribution is 7.17. The van der Waals surface area contributed by atoms with Crippen molar-refractivity contribution in [2.24, 2.45) is 0 Å². The van der Waals surface area contributed by atoms with Gasteiger partial charge >= 0.3 is 5.97 Å². The Labute approximate surface area is 146 Å². The van der Waals surface area contributed by atoms with Gasteiger partial charge in [-0.2, -0.15) is 0 Å². The minimum atomic E-state index is -0.296. The zero-order valence-corrected chi connectivity index (χ0v) is 15.0. The molecule has 0 saturated carbocycles. The Morgan fingerprint density at radius 2 is 2.12 bits per heavy atom. The predicted octanol–water partition coefficient (Wildman–Crippen LogP) is 4.41. The summed E-state index contributed by atoms with van der Waals surface area (Å²) in [5.74, 6) is -0.296. The van der Waals surface area contributed by atoms with Crippen LogP contribution >= 0.6 is 11.3 Å². The molecule has 1 fully saturated rings. The summed E-state index contributed by atoms with van der Waals surface area (Å²) in [5, 5.41) is 0.857. The standard InChI is InChI=1S/C19H23NO3S/c1-3-14-7-9-15(10-8-14)18-20-13(2)17(24-18)19(21)23-12-16-6-4-5-11-22-16/h7-10,16H,3-6,11-12H2,1-2H3. The predicted molar refractivity (Wildman–Crippen MR) is 95.5 cm³/mol. The average Bonchev–Trinajstić information content (AvgIpc) is 3.02. The van der Waals surface area contributed by atoms with Crippen molar-refractivity contribution in [2.45, 2.75) is 45.6 Å². The number of carbonyl (C=O) groups is 1. The molecule has 1 unspecified atom stereocenters. The summed E-state index contributed by atoms with van der Waals surface area (Å²) in [6, 6.07) is 8.32. The van der Waals surface area contributed by atoms with E-state index in [1.54, 1.807) is 0 Å². The fourth-order valence-corrected chi connectivity index (χ4v) is 3.73. The Morgan fingerprint density at radius 1 is 1.33 bits per heavy atom. The zero-order chi connectivity index (χ0) is 16.9. The van der Waals surface area contributed by atoms with Crippen LogP contribution in [-0.4, -0.2) is 30.3 Å². The van der Waals surface area contributed by atoms with E-state index >= 15 is 0 Å². The maximum atomic E-state index is 12.3. The number of nitrogens with zero attached hydrogens (tertiary/aromatic N) is 1. The van der Waals surface area contributed by atoms with Crippen molar-refractivity contribution in [2.75, 3.05) is 13.2 Å². The summed E-state index contributed by atoms with van der Waals surface area (Å²) in [4.78, 5) is 17.5. The molecule has 1 saturated heterocycles. The highest BCUT2D eigenvalue weighted by atomic mass is 32.1. The number of esters is 1. The maximum absolute atomic E-state index is 12.3. The van der Waals surface area contributed by atoms with Crippen LogP contribution in [0.3, 0.4) is 0 Å². The van der Waals surface area contributed by atoms with Gasteiger partial charge in [-0.25, -0.2) is 9.78 Å². The van der Waals surface area contributed by atoms with Crippen LogP contribution in [0.1, 0.15) is 47.1 Å². The van der Waals surface area contributed by atoms with Crippen molar-refractivity contribution in [3.8, 4) is 10.6 Å². The molecular weight excluding hydrogens is 322 g/mol. The first-order valence-electron chi connectivity index (χ1n) is 8.53. The Bertz CT molecular complexity index is 687. The zero-order valence-electron chi connectivity index (χ0n) is 14.2. The smallest absolute Gasteiger partial charge is 0.350 e. The van der Waals surface area contributed by atoms with E-state index in [0.29, 0.717) is 11.5 Å². The number of carbonyl (C=O) groups excluding carboxylic acids is 1. The van der Waals surface area contributed by atoms with Crippen LogP contribution in [0, 0.1) is 6.92 Å². The summed E-state index contributed by atoms with van der Waals surface area (Å²) in [7, 11) is 0. The number of thiazole rings is 1. The van der Waals surface area contributed by atoms with Gasteiger partial charge in [0.05, 0.1) is 11.8 Å². The topological polar surface area (TPSA) is 48.4 Å². The van der Waals surface area contributed by atoms with E-state index in [0.717, 1.165) is 48.6 Å². The first-order valence-corrected chi connectivity index (χ1v) is 9.34. The molecule has 5 heteroatoms. The van der Waals surface area contributed by atoms with Crippen LogP contribution < -0.4 is 0 Å². The third kappa shape index (κ3) is 4.02. The van der Waals surface area contributed by atoms with Gasteiger partial charge in [-0.3, -0.25) is 0 Å². The third-order valence-electron chi connectivity index (χ3n) is 4.27. The van der Waals surface area contributed by atoms with Crippen molar-refractivity contribution in [1.82, 2.24) is 4.98 Å². The van der Waals surface area contributed by atoms with Crippen molar-refractivity contribution >= 4 is 17.3 Å². The van der Waals surface area contributed by atoms with Crippen LogP contribution in [-0.2, 0) is 15.9 Å². The van der Waals surface area contributed by atoms with E-state index in [1.807, 2.05) is 6.92 Å². The van der Waals surface area contributed by atoms with Gasteiger partial charge in [0.2, 0.25) is 0 Å². The van der Waals surface area contributed by atoms with Gasteiger partial charge < -0.3 is 9.47 Å². The minimum Gasteiger partial charge on any atom is -0.459 e. The summed E-state index contributed by atoms with van der Waals surface area (Å²) in [5.41, 5.74) is 3.05. The SMILES string of the molecule is CCc1ccc(-c2nc(C)c(C(=O)OCC3CCCCO3)s2)cc1. The molecule has 1 aromatic heterocycles. The van der Waals surface area contributed by atoms with E-state index in [9.17, 15) is 4.79 Å². The number of hydrogen-bond donors (Lipinski definition) is 0.